The molecular weight excluding hydrogens is 303 g/mol. The number of nitro groups is 1. The first kappa shape index (κ1) is 15.4. The third-order valence-corrected chi connectivity index (χ3v) is 3.88. The third-order valence-electron chi connectivity index (χ3n) is 3.28. The van der Waals surface area contributed by atoms with Gasteiger partial charge in [-0.05, 0) is 25.7 Å². The van der Waals surface area contributed by atoms with E-state index in [4.69, 9.17) is 27.9 Å². The number of hydrogen-bond donors (Lipinski definition) is 1. The van der Waals surface area contributed by atoms with E-state index < -0.39 is 4.92 Å². The second-order valence-electron chi connectivity index (χ2n) is 4.75. The normalized spacial score (nSPS) is 18.8. The highest BCUT2D eigenvalue weighted by Gasteiger charge is 2.16. The number of non-ortho nitro benzene ring substituents is 1. The molecule has 0 amide bonds. The Balaban J connectivity index is 1.93. The van der Waals surface area contributed by atoms with Gasteiger partial charge in [0.2, 0.25) is 0 Å². The van der Waals surface area contributed by atoms with Crippen molar-refractivity contribution in [3.63, 3.8) is 0 Å². The molecule has 1 aromatic carbocycles. The van der Waals surface area contributed by atoms with Crippen LogP contribution < -0.4 is 5.32 Å². The zero-order chi connectivity index (χ0) is 14.5. The van der Waals surface area contributed by atoms with E-state index in [1.54, 1.807) is 0 Å². The van der Waals surface area contributed by atoms with Crippen molar-refractivity contribution in [2.75, 3.05) is 18.5 Å². The fourth-order valence-electron chi connectivity index (χ4n) is 2.23. The molecule has 0 radical (unpaired) electrons. The van der Waals surface area contributed by atoms with Gasteiger partial charge in [0.1, 0.15) is 0 Å². The average molecular weight is 319 g/mol. The van der Waals surface area contributed by atoms with Gasteiger partial charge in [-0.25, -0.2) is 0 Å². The van der Waals surface area contributed by atoms with Gasteiger partial charge in [0.05, 0.1) is 26.8 Å². The van der Waals surface area contributed by atoms with Crippen molar-refractivity contribution in [1.29, 1.82) is 0 Å². The highest BCUT2D eigenvalue weighted by Crippen LogP contribution is 2.34. The number of nitrogens with one attached hydrogen (secondary N) is 1. The van der Waals surface area contributed by atoms with Crippen LogP contribution in [0.25, 0.3) is 0 Å². The molecule has 2 rings (SSSR count). The van der Waals surface area contributed by atoms with Crippen molar-refractivity contribution < 1.29 is 9.66 Å². The van der Waals surface area contributed by atoms with Gasteiger partial charge in [-0.1, -0.05) is 23.2 Å². The molecule has 1 heterocycles. The first-order chi connectivity index (χ1) is 9.58. The maximum absolute atomic E-state index is 10.7. The highest BCUT2D eigenvalue weighted by atomic mass is 35.5. The summed E-state index contributed by atoms with van der Waals surface area (Å²) in [6.07, 6.45) is 4.53. The Hall–Kier alpha value is -1.04. The van der Waals surface area contributed by atoms with E-state index in [1.807, 2.05) is 0 Å². The molecule has 110 valence electrons. The van der Waals surface area contributed by atoms with Gasteiger partial charge in [-0.2, -0.15) is 0 Å². The van der Waals surface area contributed by atoms with Crippen molar-refractivity contribution in [2.45, 2.75) is 31.8 Å². The first-order valence-corrected chi connectivity index (χ1v) is 7.32. The molecule has 1 saturated heterocycles. The minimum atomic E-state index is -0.516. The van der Waals surface area contributed by atoms with Crippen LogP contribution in [-0.4, -0.2) is 24.2 Å². The zero-order valence-corrected chi connectivity index (χ0v) is 12.4. The second-order valence-corrected chi connectivity index (χ2v) is 5.56. The highest BCUT2D eigenvalue weighted by molar-refractivity contribution is 6.39. The predicted molar refractivity (Wildman–Crippen MR) is 79.8 cm³/mol. The molecule has 0 spiro atoms. The van der Waals surface area contributed by atoms with E-state index in [0.29, 0.717) is 12.2 Å². The van der Waals surface area contributed by atoms with Crippen LogP contribution >= 0.6 is 23.2 Å². The van der Waals surface area contributed by atoms with Crippen LogP contribution in [0.15, 0.2) is 12.1 Å². The van der Waals surface area contributed by atoms with Crippen molar-refractivity contribution in [3.05, 3.63) is 32.3 Å². The van der Waals surface area contributed by atoms with Crippen LogP contribution in [0, 0.1) is 10.1 Å². The molecule has 1 N–H and O–H groups in total. The fraction of sp³-hybridized carbons (Fsp3) is 0.538. The summed E-state index contributed by atoms with van der Waals surface area (Å²) in [4.78, 5) is 10.2. The van der Waals surface area contributed by atoms with Gasteiger partial charge in [0.15, 0.2) is 0 Å². The topological polar surface area (TPSA) is 64.4 Å². The maximum atomic E-state index is 10.7. The Bertz CT molecular complexity index is 467. The lowest BCUT2D eigenvalue weighted by molar-refractivity contribution is -0.384. The van der Waals surface area contributed by atoms with Crippen LogP contribution in [-0.2, 0) is 4.74 Å². The quantitative estimate of drug-likeness (QED) is 0.650. The second kappa shape index (κ2) is 7.11. The first-order valence-electron chi connectivity index (χ1n) is 6.57. The lowest BCUT2D eigenvalue weighted by Crippen LogP contribution is -2.22. The summed E-state index contributed by atoms with van der Waals surface area (Å²) >= 11 is 12.0. The minimum absolute atomic E-state index is 0.110. The number of nitro benzene ring substituents is 1. The van der Waals surface area contributed by atoms with Crippen molar-refractivity contribution in [1.82, 2.24) is 0 Å². The van der Waals surface area contributed by atoms with Gasteiger partial charge >= 0.3 is 0 Å². The van der Waals surface area contributed by atoms with Gasteiger partial charge in [-0.15, -0.1) is 0 Å². The zero-order valence-electron chi connectivity index (χ0n) is 10.9. The molecule has 0 saturated carbocycles. The Morgan fingerprint density at radius 1 is 1.35 bits per heavy atom. The van der Waals surface area contributed by atoms with Gasteiger partial charge < -0.3 is 10.1 Å². The Labute approximate surface area is 127 Å². The maximum Gasteiger partial charge on any atom is 0.272 e. The van der Waals surface area contributed by atoms with Gasteiger partial charge in [0, 0.05) is 25.3 Å². The summed E-state index contributed by atoms with van der Waals surface area (Å²) < 4.78 is 5.63. The average Bonchev–Trinajstić information content (AvgIpc) is 2.42. The van der Waals surface area contributed by atoms with Crippen LogP contribution in [0.3, 0.4) is 0 Å². The number of nitrogens with zero attached hydrogens (tertiary/aromatic N) is 1. The predicted octanol–water partition coefficient (Wildman–Crippen LogP) is 4.27. The lowest BCUT2D eigenvalue weighted by atomic mass is 10.1. The molecule has 1 aliphatic rings. The largest absolute Gasteiger partial charge is 0.383 e. The van der Waals surface area contributed by atoms with Gasteiger partial charge in [-0.3, -0.25) is 10.1 Å². The number of halogens is 2. The van der Waals surface area contributed by atoms with Crippen molar-refractivity contribution >= 4 is 34.6 Å². The Morgan fingerprint density at radius 3 is 2.60 bits per heavy atom. The molecule has 0 aliphatic carbocycles. The molecule has 1 aliphatic heterocycles. The van der Waals surface area contributed by atoms with Crippen molar-refractivity contribution in [2.24, 2.45) is 0 Å². The molecule has 5 nitrogen and oxygen atoms in total. The number of rotatable bonds is 5. The molecule has 20 heavy (non-hydrogen) atoms. The summed E-state index contributed by atoms with van der Waals surface area (Å²) in [6.45, 7) is 1.49. The van der Waals surface area contributed by atoms with E-state index in [0.717, 1.165) is 25.9 Å². The molecular formula is C13H16Cl2N2O3. The number of ether oxygens (including phenoxy) is 1. The Morgan fingerprint density at radius 2 is 2.05 bits per heavy atom. The van der Waals surface area contributed by atoms with E-state index in [9.17, 15) is 10.1 Å². The molecule has 1 aromatic rings. The number of anilines is 1. The van der Waals surface area contributed by atoms with Crippen LogP contribution in [0.5, 0.6) is 0 Å². The van der Waals surface area contributed by atoms with E-state index in [2.05, 4.69) is 5.32 Å². The monoisotopic (exact) mass is 318 g/mol. The molecule has 0 aromatic heterocycles. The molecule has 0 bridgehead atoms. The molecule has 1 unspecified atom stereocenters. The third kappa shape index (κ3) is 3.98. The van der Waals surface area contributed by atoms with Crippen LogP contribution in [0.4, 0.5) is 11.4 Å². The van der Waals surface area contributed by atoms with Crippen LogP contribution in [0.1, 0.15) is 25.7 Å². The smallest absolute Gasteiger partial charge is 0.272 e. The van der Waals surface area contributed by atoms with Crippen LogP contribution in [0.2, 0.25) is 10.0 Å². The molecule has 1 fully saturated rings. The summed E-state index contributed by atoms with van der Waals surface area (Å²) in [7, 11) is 0. The summed E-state index contributed by atoms with van der Waals surface area (Å²) in [6, 6.07) is 2.60. The minimum Gasteiger partial charge on any atom is -0.383 e. The van der Waals surface area contributed by atoms with E-state index >= 15 is 0 Å². The van der Waals surface area contributed by atoms with Gasteiger partial charge in [0.25, 0.3) is 5.69 Å². The standard InChI is InChI=1S/C13H16Cl2N2O3/c14-11-7-9(17(18)19)8-12(15)13(11)16-5-4-10-3-1-2-6-20-10/h7-8,10,16H,1-6H2. The van der Waals surface area contributed by atoms with Crippen molar-refractivity contribution in [3.8, 4) is 0 Å². The summed E-state index contributed by atoms with van der Waals surface area (Å²) in [5, 5.41) is 14.3. The lowest BCUT2D eigenvalue weighted by Gasteiger charge is -2.23. The van der Waals surface area contributed by atoms with E-state index in [-0.39, 0.29) is 21.8 Å². The summed E-state index contributed by atoms with van der Waals surface area (Å²) in [5.41, 5.74) is 0.427. The fourth-order valence-corrected chi connectivity index (χ4v) is 2.84. The molecule has 7 heteroatoms. The number of benzene rings is 1. The number of hydrogen-bond acceptors (Lipinski definition) is 4. The molecule has 1 atom stereocenters. The Kier molecular flexibility index (Phi) is 5.46. The van der Waals surface area contributed by atoms with E-state index in [1.165, 1.54) is 18.6 Å². The SMILES string of the molecule is O=[N+]([O-])c1cc(Cl)c(NCCC2CCCCO2)c(Cl)c1. The summed E-state index contributed by atoms with van der Waals surface area (Å²) in [5.74, 6) is 0.